The first-order chi connectivity index (χ1) is 18.7. The lowest BCUT2D eigenvalue weighted by molar-refractivity contribution is -0.501. The molecule has 200 valence electrons. The molecule has 2 aliphatic heterocycles. The number of likely N-dealkylation sites (N-methyl/N-ethyl adjacent to an activating group) is 1. The molecule has 0 bridgehead atoms. The number of halogens is 3. The predicted octanol–water partition coefficient (Wildman–Crippen LogP) is 3.81. The van der Waals surface area contributed by atoms with Gasteiger partial charge in [0.1, 0.15) is 6.61 Å². The van der Waals surface area contributed by atoms with Gasteiger partial charge in [0.15, 0.2) is 12.8 Å². The lowest BCUT2D eigenvalue weighted by Gasteiger charge is -2.42. The van der Waals surface area contributed by atoms with Crippen molar-refractivity contribution in [3.8, 4) is 5.69 Å². The molecule has 1 saturated carbocycles. The number of ether oxygens (including phenoxy) is 1. The van der Waals surface area contributed by atoms with Crippen molar-refractivity contribution in [1.82, 2.24) is 8.97 Å². The summed E-state index contributed by atoms with van der Waals surface area (Å²) in [5, 5.41) is 8.38. The zero-order valence-corrected chi connectivity index (χ0v) is 21.4. The van der Waals surface area contributed by atoms with Crippen LogP contribution >= 0.6 is 0 Å². The standard InChI is InChI=1S/C27H26F3N7O2/c1-34-17-32-33-24(34)26(7-4-8-26)19-5-3-6-20(14-19)36-16-22-21(27(28,29)30)13-18(15-37(22)25(36)38)23-31-9-10-35(23)11-12-39-2/h3,5-6,9-10,13-17H,4,7-8,11-12H2,1-2H3/q+2. The van der Waals surface area contributed by atoms with Gasteiger partial charge in [-0.2, -0.15) is 17.7 Å². The van der Waals surface area contributed by atoms with Crippen molar-refractivity contribution in [2.45, 2.75) is 30.9 Å². The molecule has 3 aliphatic rings. The van der Waals surface area contributed by atoms with Crippen molar-refractivity contribution < 1.29 is 27.1 Å². The molecule has 0 amide bonds. The van der Waals surface area contributed by atoms with E-state index in [1.165, 1.54) is 23.2 Å². The van der Waals surface area contributed by atoms with E-state index in [4.69, 9.17) is 4.74 Å². The fourth-order valence-electron chi connectivity index (χ4n) is 5.50. The Labute approximate surface area is 221 Å². The molecule has 3 aromatic rings. The molecule has 0 unspecified atom stereocenters. The number of alkyl halides is 3. The molecule has 2 aromatic heterocycles. The highest BCUT2D eigenvalue weighted by atomic mass is 19.4. The molecule has 1 aliphatic carbocycles. The SMILES string of the molecule is COCC[N+]1=CC=N[C]1c1cc(C(F)(F)F)c2cn(-c3cccc(C4([C]5N=NC=[N+]5C)CCC4)c3)c(=O)n2c1. The molecule has 0 N–H and O–H groups in total. The van der Waals surface area contributed by atoms with Crippen LogP contribution in [0.15, 0.2) is 62.7 Å². The average molecular weight is 538 g/mol. The first-order valence-corrected chi connectivity index (χ1v) is 12.5. The van der Waals surface area contributed by atoms with Crippen molar-refractivity contribution in [2.24, 2.45) is 15.2 Å². The number of benzene rings is 1. The molecule has 1 fully saturated rings. The minimum absolute atomic E-state index is 0.181. The van der Waals surface area contributed by atoms with E-state index in [-0.39, 0.29) is 16.5 Å². The highest BCUT2D eigenvalue weighted by Crippen LogP contribution is 2.52. The largest absolute Gasteiger partial charge is 0.418 e. The van der Waals surface area contributed by atoms with Gasteiger partial charge >= 0.3 is 30.5 Å². The third-order valence-electron chi connectivity index (χ3n) is 7.61. The van der Waals surface area contributed by atoms with E-state index in [0.29, 0.717) is 25.0 Å². The molecule has 6 rings (SSSR count). The third kappa shape index (κ3) is 4.13. The topological polar surface area (TPSA) is 78.7 Å². The highest BCUT2D eigenvalue weighted by molar-refractivity contribution is 6.15. The predicted molar refractivity (Wildman–Crippen MR) is 138 cm³/mol. The molecule has 0 atom stereocenters. The highest BCUT2D eigenvalue weighted by Gasteiger charge is 2.53. The Kier molecular flexibility index (Phi) is 6.09. The lowest BCUT2D eigenvalue weighted by atomic mass is 9.62. The van der Waals surface area contributed by atoms with E-state index >= 15 is 0 Å². The lowest BCUT2D eigenvalue weighted by Crippen LogP contribution is -2.43. The summed E-state index contributed by atoms with van der Waals surface area (Å²) in [5.41, 5.74) is -0.502. The maximum atomic E-state index is 14.3. The van der Waals surface area contributed by atoms with Crippen LogP contribution in [0.1, 0.15) is 36.0 Å². The van der Waals surface area contributed by atoms with Gasteiger partial charge in [-0.1, -0.05) is 18.6 Å². The van der Waals surface area contributed by atoms with Gasteiger partial charge in [0.2, 0.25) is 0 Å². The van der Waals surface area contributed by atoms with Crippen LogP contribution in [-0.4, -0.2) is 64.2 Å². The summed E-state index contributed by atoms with van der Waals surface area (Å²) in [6.45, 7) is 0.765. The number of aromatic nitrogens is 2. The molecule has 4 heterocycles. The molecule has 39 heavy (non-hydrogen) atoms. The second-order valence-electron chi connectivity index (χ2n) is 9.87. The second kappa shape index (κ2) is 9.37. The van der Waals surface area contributed by atoms with E-state index in [9.17, 15) is 18.0 Å². The van der Waals surface area contributed by atoms with Crippen molar-refractivity contribution >= 4 is 24.3 Å². The maximum absolute atomic E-state index is 14.3. The summed E-state index contributed by atoms with van der Waals surface area (Å²) in [6, 6.07) is 8.41. The van der Waals surface area contributed by atoms with Gasteiger partial charge in [-0.3, -0.25) is 8.97 Å². The summed E-state index contributed by atoms with van der Waals surface area (Å²) in [7, 11) is 3.43. The van der Waals surface area contributed by atoms with E-state index < -0.39 is 17.4 Å². The van der Waals surface area contributed by atoms with Crippen molar-refractivity contribution in [3.05, 3.63) is 82.2 Å². The Morgan fingerprint density at radius 3 is 2.67 bits per heavy atom. The van der Waals surface area contributed by atoms with Crippen molar-refractivity contribution in [2.75, 3.05) is 27.3 Å². The van der Waals surface area contributed by atoms with E-state index in [1.807, 2.05) is 29.8 Å². The first-order valence-electron chi connectivity index (χ1n) is 12.5. The minimum Gasteiger partial charge on any atom is -0.378 e. The number of pyridine rings is 1. The molecule has 0 spiro atoms. The molecule has 12 heteroatoms. The summed E-state index contributed by atoms with van der Waals surface area (Å²) in [6.07, 6.45) is 6.70. The maximum Gasteiger partial charge on any atom is 0.418 e. The number of methoxy groups -OCH3 is 1. The zero-order chi connectivity index (χ0) is 27.4. The molecular weight excluding hydrogens is 511 g/mol. The molecule has 1 aromatic carbocycles. The van der Waals surface area contributed by atoms with Gasteiger partial charge in [-0.15, -0.1) is 0 Å². The van der Waals surface area contributed by atoms with E-state index in [2.05, 4.69) is 15.2 Å². The van der Waals surface area contributed by atoms with Crippen LogP contribution in [0, 0.1) is 12.3 Å². The van der Waals surface area contributed by atoms with Crippen LogP contribution in [0.2, 0.25) is 0 Å². The fraction of sp³-hybridized carbons (Fsp3) is 0.333. The Morgan fingerprint density at radius 1 is 1.18 bits per heavy atom. The Bertz CT molecular complexity index is 1630. The molecule has 0 saturated heterocycles. The van der Waals surface area contributed by atoms with Gasteiger partial charge in [0.25, 0.3) is 0 Å². The van der Waals surface area contributed by atoms with Crippen molar-refractivity contribution in [3.63, 3.8) is 0 Å². The summed E-state index contributed by atoms with van der Waals surface area (Å²) >= 11 is 0. The smallest absolute Gasteiger partial charge is 0.378 e. The quantitative estimate of drug-likeness (QED) is 0.430. The number of nitrogens with zero attached hydrogens (tertiary/aromatic N) is 7. The summed E-state index contributed by atoms with van der Waals surface area (Å²) in [4.78, 5) is 17.9. The number of rotatable bonds is 7. The van der Waals surface area contributed by atoms with Crippen LogP contribution in [0.4, 0.5) is 13.2 Å². The minimum atomic E-state index is -4.69. The third-order valence-corrected chi connectivity index (χ3v) is 7.61. The molecule has 2 radical (unpaired) electrons. The van der Waals surface area contributed by atoms with Gasteiger partial charge in [-0.05, 0) is 41.7 Å². The van der Waals surface area contributed by atoms with Gasteiger partial charge in [0, 0.05) is 19.5 Å². The van der Waals surface area contributed by atoms with Crippen LogP contribution in [-0.2, 0) is 16.3 Å². The Morgan fingerprint density at radius 2 is 2.00 bits per heavy atom. The van der Waals surface area contributed by atoms with Gasteiger partial charge in [-0.25, -0.2) is 14.4 Å². The second-order valence-corrected chi connectivity index (χ2v) is 9.87. The number of azo groups is 1. The van der Waals surface area contributed by atoms with Gasteiger partial charge < -0.3 is 4.74 Å². The number of hydrogen-bond donors (Lipinski definition) is 0. The van der Waals surface area contributed by atoms with Crippen LogP contribution in [0.3, 0.4) is 0 Å². The summed E-state index contributed by atoms with van der Waals surface area (Å²) < 4.78 is 53.8. The van der Waals surface area contributed by atoms with E-state index in [1.54, 1.807) is 30.3 Å². The number of hydrogen-bond acceptors (Lipinski definition) is 5. The van der Waals surface area contributed by atoms with Crippen LogP contribution in [0.25, 0.3) is 11.2 Å². The van der Waals surface area contributed by atoms with Crippen LogP contribution in [0.5, 0.6) is 0 Å². The molecular formula is C27H26F3N7O2+2. The number of aliphatic imine (C=N–C) groups is 1. The summed E-state index contributed by atoms with van der Waals surface area (Å²) in [5.74, 6) is 0. The molecule has 9 nitrogen and oxygen atoms in total. The Balaban J connectivity index is 1.46. The van der Waals surface area contributed by atoms with Crippen LogP contribution < -0.4 is 5.69 Å². The van der Waals surface area contributed by atoms with Crippen molar-refractivity contribution in [1.29, 1.82) is 0 Å². The fourth-order valence-corrected chi connectivity index (χ4v) is 5.50. The normalized spacial score (nSPS) is 19.1. The van der Waals surface area contributed by atoms with Gasteiger partial charge in [0.05, 0.1) is 46.1 Å². The first kappa shape index (κ1) is 25.4. The zero-order valence-electron chi connectivity index (χ0n) is 21.4. The number of fused-ring (bicyclic) bond motifs is 1. The number of imidazole rings is 1. The monoisotopic (exact) mass is 537 g/mol. The van der Waals surface area contributed by atoms with E-state index in [0.717, 1.165) is 41.5 Å². The average Bonchev–Trinajstić information content (AvgIpc) is 3.61. The Hall–Kier alpha value is -3.93.